The highest BCUT2D eigenvalue weighted by Crippen LogP contribution is 2.28. The van der Waals surface area contributed by atoms with Gasteiger partial charge < -0.3 is 25.6 Å². The Bertz CT molecular complexity index is 808. The van der Waals surface area contributed by atoms with Gasteiger partial charge in [0.05, 0.1) is 13.7 Å². The number of hydrogen-bond acceptors (Lipinski definition) is 6. The fourth-order valence-corrected chi connectivity index (χ4v) is 4.10. The molecule has 4 N–H and O–H groups in total. The van der Waals surface area contributed by atoms with Gasteiger partial charge in [-0.05, 0) is 49.7 Å². The van der Waals surface area contributed by atoms with Crippen molar-refractivity contribution < 1.29 is 19.1 Å². The second-order valence-electron chi connectivity index (χ2n) is 7.58. The first-order chi connectivity index (χ1) is 13.5. The van der Waals surface area contributed by atoms with Crippen molar-refractivity contribution in [1.82, 2.24) is 26.2 Å². The van der Waals surface area contributed by atoms with E-state index in [1.807, 2.05) is 6.07 Å². The van der Waals surface area contributed by atoms with Crippen molar-refractivity contribution in [2.45, 2.75) is 31.0 Å². The number of nitrogens with one attached hydrogen (secondary N) is 4. The second kappa shape index (κ2) is 7.40. The molecule has 3 aliphatic heterocycles. The summed E-state index contributed by atoms with van der Waals surface area (Å²) in [5, 5.41) is 11.8. The minimum absolute atomic E-state index is 0.109. The van der Waals surface area contributed by atoms with Gasteiger partial charge in [-0.3, -0.25) is 14.9 Å². The molecule has 4 rings (SSSR count). The van der Waals surface area contributed by atoms with Crippen molar-refractivity contribution in [2.24, 2.45) is 0 Å². The van der Waals surface area contributed by atoms with E-state index in [0.29, 0.717) is 17.9 Å². The summed E-state index contributed by atoms with van der Waals surface area (Å²) in [4.78, 5) is 39.0. The maximum absolute atomic E-state index is 12.8. The van der Waals surface area contributed by atoms with Crippen LogP contribution in [-0.2, 0) is 11.3 Å². The van der Waals surface area contributed by atoms with Crippen LogP contribution in [0.3, 0.4) is 0 Å². The number of carbonyl (C=O) groups excluding carboxylic acids is 3. The number of carbonyl (C=O) groups is 3. The first-order valence-corrected chi connectivity index (χ1v) is 9.55. The van der Waals surface area contributed by atoms with Crippen molar-refractivity contribution in [3.05, 3.63) is 29.3 Å². The van der Waals surface area contributed by atoms with Crippen LogP contribution >= 0.6 is 0 Å². The lowest BCUT2D eigenvalue weighted by molar-refractivity contribution is -0.124. The van der Waals surface area contributed by atoms with E-state index in [4.69, 9.17) is 4.74 Å². The third kappa shape index (κ3) is 3.43. The molecular weight excluding hydrogens is 362 g/mol. The SMILES string of the molecule is COc1ccc2c(c1)CN(CC1(CNC3CCNCC3)NC(=O)NC1=O)C2=O. The molecule has 2 fully saturated rings. The summed E-state index contributed by atoms with van der Waals surface area (Å²) in [5.41, 5.74) is 0.284. The van der Waals surface area contributed by atoms with Gasteiger partial charge in [0, 0.05) is 24.7 Å². The Morgan fingerprint density at radius 2 is 2.04 bits per heavy atom. The summed E-state index contributed by atoms with van der Waals surface area (Å²) in [6, 6.07) is 5.07. The minimum atomic E-state index is -1.18. The van der Waals surface area contributed by atoms with Gasteiger partial charge >= 0.3 is 6.03 Å². The third-order valence-corrected chi connectivity index (χ3v) is 5.70. The molecule has 150 valence electrons. The molecule has 1 aromatic carbocycles. The van der Waals surface area contributed by atoms with Gasteiger partial charge in [0.1, 0.15) is 5.75 Å². The number of methoxy groups -OCH3 is 1. The number of amides is 4. The van der Waals surface area contributed by atoms with Crippen molar-refractivity contribution >= 4 is 17.8 Å². The molecule has 3 aliphatic rings. The molecule has 1 unspecified atom stereocenters. The molecule has 1 aromatic rings. The lowest BCUT2D eigenvalue weighted by atomic mass is 9.97. The van der Waals surface area contributed by atoms with Crippen LogP contribution in [-0.4, -0.2) is 67.6 Å². The van der Waals surface area contributed by atoms with Crippen LogP contribution in [0, 0.1) is 0 Å². The van der Waals surface area contributed by atoms with Gasteiger partial charge in [0.25, 0.3) is 11.8 Å². The number of fused-ring (bicyclic) bond motifs is 1. The predicted octanol–water partition coefficient (Wildman–Crippen LogP) is -0.429. The van der Waals surface area contributed by atoms with Gasteiger partial charge in [0.2, 0.25) is 0 Å². The largest absolute Gasteiger partial charge is 0.497 e. The lowest BCUT2D eigenvalue weighted by Crippen LogP contribution is -2.62. The Labute approximate surface area is 163 Å². The average molecular weight is 387 g/mol. The van der Waals surface area contributed by atoms with Crippen LogP contribution in [0.2, 0.25) is 0 Å². The summed E-state index contributed by atoms with van der Waals surface area (Å²) in [6.45, 7) is 2.61. The Kier molecular flexibility index (Phi) is 4.94. The first kappa shape index (κ1) is 18.7. The molecule has 2 saturated heterocycles. The minimum Gasteiger partial charge on any atom is -0.497 e. The molecule has 28 heavy (non-hydrogen) atoms. The molecular formula is C19H25N5O4. The van der Waals surface area contributed by atoms with Crippen molar-refractivity contribution in [3.63, 3.8) is 0 Å². The highest BCUT2D eigenvalue weighted by atomic mass is 16.5. The fourth-order valence-electron chi connectivity index (χ4n) is 4.10. The van der Waals surface area contributed by atoms with Gasteiger partial charge in [-0.1, -0.05) is 0 Å². The molecule has 0 saturated carbocycles. The molecule has 0 aliphatic carbocycles. The van der Waals surface area contributed by atoms with Gasteiger partial charge in [0.15, 0.2) is 5.54 Å². The van der Waals surface area contributed by atoms with Gasteiger partial charge in [-0.2, -0.15) is 0 Å². The molecule has 0 radical (unpaired) electrons. The zero-order valence-corrected chi connectivity index (χ0v) is 15.8. The fraction of sp³-hybridized carbons (Fsp3) is 0.526. The summed E-state index contributed by atoms with van der Waals surface area (Å²) < 4.78 is 5.23. The lowest BCUT2D eigenvalue weighted by Gasteiger charge is -2.33. The number of nitrogens with zero attached hydrogens (tertiary/aromatic N) is 1. The smallest absolute Gasteiger partial charge is 0.322 e. The zero-order chi connectivity index (χ0) is 19.7. The molecule has 0 spiro atoms. The number of rotatable bonds is 6. The summed E-state index contributed by atoms with van der Waals surface area (Å²) in [5.74, 6) is 0.135. The van der Waals surface area contributed by atoms with E-state index >= 15 is 0 Å². The van der Waals surface area contributed by atoms with E-state index in [-0.39, 0.29) is 25.0 Å². The molecule has 9 heteroatoms. The van der Waals surface area contributed by atoms with Crippen molar-refractivity contribution in [3.8, 4) is 5.75 Å². The number of hydrogen-bond donors (Lipinski definition) is 4. The number of imide groups is 1. The Hall–Kier alpha value is -2.65. The standard InChI is InChI=1S/C19H25N5O4/c1-28-14-2-3-15-12(8-14)9-24(16(15)25)11-19(17(26)22-18(27)23-19)10-21-13-4-6-20-7-5-13/h2-3,8,13,20-21H,4-7,9-11H2,1H3,(H2,22,23,26,27). The molecule has 0 aromatic heterocycles. The first-order valence-electron chi connectivity index (χ1n) is 9.55. The van der Waals surface area contributed by atoms with Crippen LogP contribution < -0.4 is 26.0 Å². The van der Waals surface area contributed by atoms with Gasteiger partial charge in [-0.25, -0.2) is 4.79 Å². The van der Waals surface area contributed by atoms with E-state index in [0.717, 1.165) is 31.5 Å². The number of piperidine rings is 1. The maximum atomic E-state index is 12.8. The number of ether oxygens (including phenoxy) is 1. The van der Waals surface area contributed by atoms with Crippen molar-refractivity contribution in [2.75, 3.05) is 33.3 Å². The molecule has 9 nitrogen and oxygen atoms in total. The monoisotopic (exact) mass is 387 g/mol. The number of urea groups is 1. The van der Waals surface area contributed by atoms with E-state index in [1.54, 1.807) is 24.1 Å². The molecule has 0 bridgehead atoms. The second-order valence-corrected chi connectivity index (χ2v) is 7.58. The van der Waals surface area contributed by atoms with E-state index in [1.165, 1.54) is 0 Å². The normalized spacial score (nSPS) is 24.9. The molecule has 1 atom stereocenters. The van der Waals surface area contributed by atoms with Gasteiger partial charge in [-0.15, -0.1) is 0 Å². The number of benzene rings is 1. The van der Waals surface area contributed by atoms with Crippen LogP contribution in [0.5, 0.6) is 5.75 Å². The topological polar surface area (TPSA) is 112 Å². The summed E-state index contributed by atoms with van der Waals surface area (Å²) in [6.07, 6.45) is 1.92. The van der Waals surface area contributed by atoms with Crippen LogP contribution in [0.15, 0.2) is 18.2 Å². The van der Waals surface area contributed by atoms with Crippen LogP contribution in [0.1, 0.15) is 28.8 Å². The van der Waals surface area contributed by atoms with Crippen LogP contribution in [0.4, 0.5) is 4.79 Å². The Morgan fingerprint density at radius 3 is 2.71 bits per heavy atom. The van der Waals surface area contributed by atoms with E-state index in [9.17, 15) is 14.4 Å². The Balaban J connectivity index is 1.51. The highest BCUT2D eigenvalue weighted by molar-refractivity contribution is 6.08. The predicted molar refractivity (Wildman–Crippen MR) is 101 cm³/mol. The van der Waals surface area contributed by atoms with E-state index in [2.05, 4.69) is 21.3 Å². The van der Waals surface area contributed by atoms with E-state index < -0.39 is 17.5 Å². The Morgan fingerprint density at radius 1 is 1.25 bits per heavy atom. The highest BCUT2D eigenvalue weighted by Gasteiger charge is 2.49. The average Bonchev–Trinajstić information content (AvgIpc) is 3.16. The third-order valence-electron chi connectivity index (χ3n) is 5.70. The molecule has 3 heterocycles. The molecule has 4 amide bonds. The summed E-state index contributed by atoms with van der Waals surface area (Å²) >= 11 is 0. The quantitative estimate of drug-likeness (QED) is 0.493. The zero-order valence-electron chi connectivity index (χ0n) is 15.8. The summed E-state index contributed by atoms with van der Waals surface area (Å²) in [7, 11) is 1.58. The van der Waals surface area contributed by atoms with Crippen LogP contribution in [0.25, 0.3) is 0 Å². The maximum Gasteiger partial charge on any atom is 0.322 e. The van der Waals surface area contributed by atoms with Crippen molar-refractivity contribution in [1.29, 1.82) is 0 Å².